The summed E-state index contributed by atoms with van der Waals surface area (Å²) in [4.78, 5) is 14.1. The number of nitrogens with zero attached hydrogens (tertiary/aromatic N) is 1. The number of hydrogen-bond acceptors (Lipinski definition) is 3. The van der Waals surface area contributed by atoms with Crippen LogP contribution in [0.15, 0.2) is 22.7 Å². The zero-order chi connectivity index (χ0) is 13.3. The number of aliphatic hydroxyl groups excluding tert-OH is 1. The third-order valence-electron chi connectivity index (χ3n) is 3.31. The summed E-state index contributed by atoms with van der Waals surface area (Å²) in [5.41, 5.74) is 6.89. The summed E-state index contributed by atoms with van der Waals surface area (Å²) in [7, 11) is 0. The predicted octanol–water partition coefficient (Wildman–Crippen LogP) is 1.87. The first-order chi connectivity index (χ1) is 8.47. The van der Waals surface area contributed by atoms with Gasteiger partial charge in [0.05, 0.1) is 6.10 Å². The van der Waals surface area contributed by atoms with Crippen molar-refractivity contribution in [3.05, 3.63) is 28.2 Å². The lowest BCUT2D eigenvalue weighted by molar-refractivity contribution is 0.0297. The number of benzene rings is 1. The van der Waals surface area contributed by atoms with Crippen molar-refractivity contribution < 1.29 is 9.90 Å². The first-order valence-electron chi connectivity index (χ1n) is 6.01. The lowest BCUT2D eigenvalue weighted by Crippen LogP contribution is -2.44. The van der Waals surface area contributed by atoms with Crippen LogP contribution in [0.25, 0.3) is 0 Å². The second-order valence-corrected chi connectivity index (χ2v) is 5.77. The van der Waals surface area contributed by atoms with Crippen molar-refractivity contribution in [2.24, 2.45) is 5.92 Å². The summed E-state index contributed by atoms with van der Waals surface area (Å²) in [6.07, 6.45) is 0.331. The molecule has 5 heteroatoms. The lowest BCUT2D eigenvalue weighted by Gasteiger charge is -2.34. The minimum Gasteiger partial charge on any atom is -0.399 e. The van der Waals surface area contributed by atoms with Gasteiger partial charge in [0.25, 0.3) is 5.91 Å². The van der Waals surface area contributed by atoms with Gasteiger partial charge in [-0.2, -0.15) is 0 Å². The number of rotatable bonds is 1. The number of halogens is 1. The molecule has 0 bridgehead atoms. The maximum Gasteiger partial charge on any atom is 0.253 e. The number of aliphatic hydroxyl groups is 1. The second-order valence-electron chi connectivity index (χ2n) is 4.86. The third kappa shape index (κ3) is 2.84. The Labute approximate surface area is 115 Å². The highest BCUT2D eigenvalue weighted by molar-refractivity contribution is 9.10. The number of amides is 1. The minimum absolute atomic E-state index is 0.0262. The summed E-state index contributed by atoms with van der Waals surface area (Å²) in [6.45, 7) is 3.14. The second kappa shape index (κ2) is 5.28. The fourth-order valence-corrected chi connectivity index (χ4v) is 2.75. The van der Waals surface area contributed by atoms with Gasteiger partial charge in [-0.15, -0.1) is 0 Å². The van der Waals surface area contributed by atoms with Crippen LogP contribution in [-0.4, -0.2) is 35.1 Å². The summed E-state index contributed by atoms with van der Waals surface area (Å²) < 4.78 is 0.802. The van der Waals surface area contributed by atoms with Crippen LogP contribution in [0.1, 0.15) is 23.7 Å². The molecule has 0 spiro atoms. The molecule has 1 aromatic rings. The zero-order valence-corrected chi connectivity index (χ0v) is 11.9. The molecule has 1 aliphatic heterocycles. The maximum absolute atomic E-state index is 12.3. The Balaban J connectivity index is 2.16. The molecule has 1 fully saturated rings. The van der Waals surface area contributed by atoms with Crippen molar-refractivity contribution in [3.8, 4) is 0 Å². The van der Waals surface area contributed by atoms with Crippen LogP contribution >= 0.6 is 15.9 Å². The van der Waals surface area contributed by atoms with E-state index in [9.17, 15) is 9.90 Å². The Morgan fingerprint density at radius 2 is 2.22 bits per heavy atom. The van der Waals surface area contributed by atoms with Crippen LogP contribution in [0.4, 0.5) is 5.69 Å². The van der Waals surface area contributed by atoms with E-state index in [4.69, 9.17) is 5.73 Å². The highest BCUT2D eigenvalue weighted by Crippen LogP contribution is 2.22. The molecule has 2 atom stereocenters. The average molecular weight is 313 g/mol. The summed E-state index contributed by atoms with van der Waals surface area (Å²) in [5.74, 6) is 0.0916. The van der Waals surface area contributed by atoms with Gasteiger partial charge >= 0.3 is 0 Å². The molecule has 1 aliphatic rings. The molecule has 1 amide bonds. The van der Waals surface area contributed by atoms with E-state index in [0.717, 1.165) is 4.47 Å². The van der Waals surface area contributed by atoms with Crippen LogP contribution < -0.4 is 5.73 Å². The molecular weight excluding hydrogens is 296 g/mol. The third-order valence-corrected chi connectivity index (χ3v) is 3.77. The van der Waals surface area contributed by atoms with Crippen molar-refractivity contribution in [1.29, 1.82) is 0 Å². The summed E-state index contributed by atoms with van der Waals surface area (Å²) in [6, 6.07) is 5.22. The topological polar surface area (TPSA) is 66.6 Å². The standard InChI is InChI=1S/C13H17BrN2O2/c1-8-7-16(3-2-12(8)17)13(18)9-4-10(14)6-11(15)5-9/h4-6,8,12,17H,2-3,7,15H2,1H3. The zero-order valence-electron chi connectivity index (χ0n) is 10.3. The van der Waals surface area contributed by atoms with Crippen molar-refractivity contribution in [2.75, 3.05) is 18.8 Å². The Bertz CT molecular complexity index is 444. The van der Waals surface area contributed by atoms with E-state index in [-0.39, 0.29) is 17.9 Å². The predicted molar refractivity (Wildman–Crippen MR) is 74.2 cm³/mol. The van der Waals surface area contributed by atoms with Gasteiger partial charge in [-0.05, 0) is 30.5 Å². The van der Waals surface area contributed by atoms with E-state index in [1.807, 2.05) is 6.92 Å². The van der Waals surface area contributed by atoms with E-state index < -0.39 is 0 Å². The maximum atomic E-state index is 12.3. The van der Waals surface area contributed by atoms with E-state index in [1.54, 1.807) is 23.1 Å². The molecule has 1 aromatic carbocycles. The van der Waals surface area contributed by atoms with E-state index >= 15 is 0 Å². The number of carbonyl (C=O) groups excluding carboxylic acids is 1. The Hall–Kier alpha value is -1.07. The van der Waals surface area contributed by atoms with Gasteiger partial charge in [0.2, 0.25) is 0 Å². The summed E-state index contributed by atoms with van der Waals surface area (Å²) in [5, 5.41) is 9.67. The number of piperidine rings is 1. The number of likely N-dealkylation sites (tertiary alicyclic amines) is 1. The molecule has 0 radical (unpaired) electrons. The van der Waals surface area contributed by atoms with Crippen molar-refractivity contribution >= 4 is 27.5 Å². The van der Waals surface area contributed by atoms with Crippen LogP contribution in [0.3, 0.4) is 0 Å². The highest BCUT2D eigenvalue weighted by atomic mass is 79.9. The van der Waals surface area contributed by atoms with Crippen LogP contribution in [-0.2, 0) is 0 Å². The van der Waals surface area contributed by atoms with Gasteiger partial charge in [0, 0.05) is 28.8 Å². The number of hydrogen-bond donors (Lipinski definition) is 2. The molecule has 18 heavy (non-hydrogen) atoms. The van der Waals surface area contributed by atoms with Crippen LogP contribution in [0.5, 0.6) is 0 Å². The minimum atomic E-state index is -0.304. The van der Waals surface area contributed by atoms with Gasteiger partial charge < -0.3 is 15.7 Å². The first kappa shape index (κ1) is 13.4. The van der Waals surface area contributed by atoms with Gasteiger partial charge in [0.15, 0.2) is 0 Å². The molecule has 1 heterocycles. The SMILES string of the molecule is CC1CN(C(=O)c2cc(N)cc(Br)c2)CCC1O. The molecule has 3 N–H and O–H groups in total. The normalized spacial score (nSPS) is 24.1. The molecule has 0 aliphatic carbocycles. The van der Waals surface area contributed by atoms with Gasteiger partial charge in [-0.1, -0.05) is 22.9 Å². The van der Waals surface area contributed by atoms with Crippen molar-refractivity contribution in [3.63, 3.8) is 0 Å². The fourth-order valence-electron chi connectivity index (χ4n) is 2.24. The number of anilines is 1. The van der Waals surface area contributed by atoms with Gasteiger partial charge in [-0.3, -0.25) is 4.79 Å². The molecular formula is C13H17BrN2O2. The van der Waals surface area contributed by atoms with Gasteiger partial charge in [-0.25, -0.2) is 0 Å². The Morgan fingerprint density at radius 3 is 2.83 bits per heavy atom. The molecule has 0 aromatic heterocycles. The van der Waals surface area contributed by atoms with Crippen molar-refractivity contribution in [2.45, 2.75) is 19.4 Å². The average Bonchev–Trinajstić information content (AvgIpc) is 2.30. The van der Waals surface area contributed by atoms with Crippen LogP contribution in [0, 0.1) is 5.92 Å². The fraction of sp³-hybridized carbons (Fsp3) is 0.462. The van der Waals surface area contributed by atoms with Crippen molar-refractivity contribution in [1.82, 2.24) is 4.90 Å². The molecule has 1 saturated heterocycles. The number of nitrogen functional groups attached to an aromatic ring is 1. The molecule has 98 valence electrons. The monoisotopic (exact) mass is 312 g/mol. The molecule has 2 unspecified atom stereocenters. The van der Waals surface area contributed by atoms with E-state index in [1.165, 1.54) is 0 Å². The lowest BCUT2D eigenvalue weighted by atomic mass is 9.96. The number of carbonyl (C=O) groups is 1. The molecule has 0 saturated carbocycles. The van der Waals surface area contributed by atoms with Gasteiger partial charge in [0.1, 0.15) is 0 Å². The quantitative estimate of drug-likeness (QED) is 0.778. The largest absolute Gasteiger partial charge is 0.399 e. The number of nitrogens with two attached hydrogens (primary N) is 1. The Kier molecular flexibility index (Phi) is 3.92. The molecule has 4 nitrogen and oxygen atoms in total. The van der Waals surface area contributed by atoms with E-state index in [0.29, 0.717) is 30.8 Å². The first-order valence-corrected chi connectivity index (χ1v) is 6.80. The smallest absolute Gasteiger partial charge is 0.253 e. The molecule has 2 rings (SSSR count). The Morgan fingerprint density at radius 1 is 1.50 bits per heavy atom. The highest BCUT2D eigenvalue weighted by Gasteiger charge is 2.27. The van der Waals surface area contributed by atoms with E-state index in [2.05, 4.69) is 15.9 Å². The summed E-state index contributed by atoms with van der Waals surface area (Å²) >= 11 is 3.34. The van der Waals surface area contributed by atoms with Crippen LogP contribution in [0.2, 0.25) is 0 Å².